The first-order valence-corrected chi connectivity index (χ1v) is 12.7. The average molecular weight is 434 g/mol. The molecule has 0 spiro atoms. The Morgan fingerprint density at radius 1 is 0.963 bits per heavy atom. The minimum Gasteiger partial charge on any atom is -0.277 e. The maximum absolute atomic E-state index is 13.7. The normalized spacial score (nSPS) is 19.7. The molecule has 1 atom stereocenters. The van der Waals surface area contributed by atoms with Crippen molar-refractivity contribution in [3.05, 3.63) is 54.3 Å². The molecular formula is C16H16FNO6S3. The van der Waals surface area contributed by atoms with Crippen molar-refractivity contribution in [1.82, 2.24) is 0 Å². The molecule has 1 aliphatic heterocycles. The fourth-order valence-corrected chi connectivity index (χ4v) is 8.36. The van der Waals surface area contributed by atoms with Crippen LogP contribution in [0.1, 0.15) is 6.42 Å². The molecule has 0 aliphatic carbocycles. The van der Waals surface area contributed by atoms with Crippen LogP contribution in [-0.4, -0.2) is 42.0 Å². The van der Waals surface area contributed by atoms with E-state index in [2.05, 4.69) is 4.72 Å². The van der Waals surface area contributed by atoms with Crippen molar-refractivity contribution in [2.45, 2.75) is 21.5 Å². The van der Waals surface area contributed by atoms with Crippen LogP contribution in [0.2, 0.25) is 0 Å². The molecule has 1 aliphatic rings. The molecule has 0 unspecified atom stereocenters. The summed E-state index contributed by atoms with van der Waals surface area (Å²) < 4.78 is 89.2. The third-order valence-electron chi connectivity index (χ3n) is 4.19. The van der Waals surface area contributed by atoms with Gasteiger partial charge in [-0.3, -0.25) is 4.72 Å². The van der Waals surface area contributed by atoms with Gasteiger partial charge in [-0.25, -0.2) is 29.6 Å². The van der Waals surface area contributed by atoms with E-state index in [-0.39, 0.29) is 27.7 Å². The molecule has 1 fully saturated rings. The number of benzene rings is 2. The number of hydrogen-bond donors (Lipinski definition) is 1. The zero-order valence-corrected chi connectivity index (χ0v) is 16.3. The van der Waals surface area contributed by atoms with Crippen molar-refractivity contribution in [1.29, 1.82) is 0 Å². The van der Waals surface area contributed by atoms with Gasteiger partial charge in [0.15, 0.2) is 19.7 Å². The summed E-state index contributed by atoms with van der Waals surface area (Å²) in [5, 5.41) is -1.11. The summed E-state index contributed by atoms with van der Waals surface area (Å²) in [5.74, 6) is -1.48. The van der Waals surface area contributed by atoms with E-state index in [0.717, 1.165) is 12.1 Å². The van der Waals surface area contributed by atoms with Crippen molar-refractivity contribution in [3.63, 3.8) is 0 Å². The quantitative estimate of drug-likeness (QED) is 0.766. The SMILES string of the molecule is O=S1(=O)CC[C@@H](S(=O)(=O)c2cccc(S(=O)(=O)Nc3ccccc3F)c2)C1. The summed E-state index contributed by atoms with van der Waals surface area (Å²) in [6.07, 6.45) is -0.0326. The zero-order chi connectivity index (χ0) is 19.9. The number of anilines is 1. The summed E-state index contributed by atoms with van der Waals surface area (Å²) >= 11 is 0. The summed E-state index contributed by atoms with van der Waals surface area (Å²) in [5.41, 5.74) is -0.271. The molecule has 1 saturated heterocycles. The van der Waals surface area contributed by atoms with E-state index in [1.807, 2.05) is 0 Å². The molecular weight excluding hydrogens is 417 g/mol. The summed E-state index contributed by atoms with van der Waals surface area (Å²) in [7, 11) is -11.7. The molecule has 0 amide bonds. The highest BCUT2D eigenvalue weighted by atomic mass is 32.2. The largest absolute Gasteiger partial charge is 0.277 e. The number of nitrogens with one attached hydrogen (secondary N) is 1. The van der Waals surface area contributed by atoms with E-state index >= 15 is 0 Å². The van der Waals surface area contributed by atoms with Crippen molar-refractivity contribution < 1.29 is 29.6 Å². The van der Waals surface area contributed by atoms with Crippen molar-refractivity contribution in [2.75, 3.05) is 16.2 Å². The second-order valence-electron chi connectivity index (χ2n) is 6.13. The Labute approximate surface area is 157 Å². The van der Waals surface area contributed by atoms with Gasteiger partial charge in [0.25, 0.3) is 10.0 Å². The zero-order valence-electron chi connectivity index (χ0n) is 13.9. The lowest BCUT2D eigenvalue weighted by Crippen LogP contribution is -2.23. The first-order chi connectivity index (χ1) is 12.5. The highest BCUT2D eigenvalue weighted by Gasteiger charge is 2.38. The van der Waals surface area contributed by atoms with Crippen LogP contribution in [0.15, 0.2) is 58.3 Å². The molecule has 0 bridgehead atoms. The molecule has 2 aromatic carbocycles. The number of rotatable bonds is 5. The number of para-hydroxylation sites is 1. The van der Waals surface area contributed by atoms with Gasteiger partial charge in [0, 0.05) is 0 Å². The Kier molecular flexibility index (Phi) is 5.04. The molecule has 2 aromatic rings. The molecule has 1 N–H and O–H groups in total. The van der Waals surface area contributed by atoms with Crippen LogP contribution in [0.4, 0.5) is 10.1 Å². The number of sulfone groups is 2. The summed E-state index contributed by atoms with van der Waals surface area (Å²) in [6.45, 7) is 0. The van der Waals surface area contributed by atoms with Crippen LogP contribution in [0.25, 0.3) is 0 Å². The van der Waals surface area contributed by atoms with Gasteiger partial charge < -0.3 is 0 Å². The topological polar surface area (TPSA) is 114 Å². The Bertz CT molecular complexity index is 1190. The first-order valence-electron chi connectivity index (χ1n) is 7.83. The Hall–Kier alpha value is -1.98. The molecule has 0 radical (unpaired) electrons. The lowest BCUT2D eigenvalue weighted by atomic mass is 10.3. The van der Waals surface area contributed by atoms with E-state index in [1.165, 1.54) is 36.4 Å². The minimum atomic E-state index is -4.24. The predicted molar refractivity (Wildman–Crippen MR) is 97.9 cm³/mol. The minimum absolute atomic E-state index is 0.0326. The third-order valence-corrected chi connectivity index (χ3v) is 9.73. The third kappa shape index (κ3) is 4.14. The van der Waals surface area contributed by atoms with Gasteiger partial charge in [-0.1, -0.05) is 18.2 Å². The molecule has 0 saturated carbocycles. The molecule has 1 heterocycles. The molecule has 3 rings (SSSR count). The van der Waals surface area contributed by atoms with E-state index in [9.17, 15) is 29.6 Å². The lowest BCUT2D eigenvalue weighted by molar-refractivity contribution is 0.581. The highest BCUT2D eigenvalue weighted by molar-refractivity contribution is 7.96. The molecule has 27 heavy (non-hydrogen) atoms. The van der Waals surface area contributed by atoms with Gasteiger partial charge in [-0.05, 0) is 36.8 Å². The van der Waals surface area contributed by atoms with Crippen molar-refractivity contribution in [2.24, 2.45) is 0 Å². The van der Waals surface area contributed by atoms with Crippen LogP contribution in [0.3, 0.4) is 0 Å². The standard InChI is InChI=1S/C16H16FNO6S3/c17-15-6-1-2-7-16(15)18-27(23,24)13-5-3-4-12(10-13)26(21,22)14-8-9-25(19,20)11-14/h1-7,10,14,18H,8-9,11H2/t14-/m1/s1. The average Bonchev–Trinajstić information content (AvgIpc) is 2.98. The maximum Gasteiger partial charge on any atom is 0.262 e. The first kappa shape index (κ1) is 19.8. The Balaban J connectivity index is 1.95. The van der Waals surface area contributed by atoms with Gasteiger partial charge in [0.1, 0.15) is 5.82 Å². The second kappa shape index (κ2) is 6.88. The second-order valence-corrected chi connectivity index (χ2v) is 12.3. The monoisotopic (exact) mass is 433 g/mol. The fourth-order valence-electron chi connectivity index (χ4n) is 2.76. The maximum atomic E-state index is 13.7. The van der Waals surface area contributed by atoms with Gasteiger partial charge in [0.05, 0.1) is 32.2 Å². The van der Waals surface area contributed by atoms with Gasteiger partial charge >= 0.3 is 0 Å². The summed E-state index contributed by atoms with van der Waals surface area (Å²) in [6, 6.07) is 9.74. The Morgan fingerprint density at radius 2 is 1.63 bits per heavy atom. The fraction of sp³-hybridized carbons (Fsp3) is 0.250. The van der Waals surface area contributed by atoms with Crippen LogP contribution in [0, 0.1) is 5.82 Å². The van der Waals surface area contributed by atoms with Gasteiger partial charge in [0.2, 0.25) is 0 Å². The molecule has 7 nitrogen and oxygen atoms in total. The van der Waals surface area contributed by atoms with Gasteiger partial charge in [-0.15, -0.1) is 0 Å². The highest BCUT2D eigenvalue weighted by Crippen LogP contribution is 2.27. The Morgan fingerprint density at radius 3 is 2.26 bits per heavy atom. The van der Waals surface area contributed by atoms with E-state index < -0.39 is 46.5 Å². The predicted octanol–water partition coefficient (Wildman–Crippen LogP) is 1.59. The van der Waals surface area contributed by atoms with Crippen molar-refractivity contribution >= 4 is 35.4 Å². The molecule has 11 heteroatoms. The van der Waals surface area contributed by atoms with Crippen LogP contribution >= 0.6 is 0 Å². The van der Waals surface area contributed by atoms with Crippen LogP contribution < -0.4 is 4.72 Å². The molecule has 0 aromatic heterocycles. The smallest absolute Gasteiger partial charge is 0.262 e. The number of hydrogen-bond acceptors (Lipinski definition) is 6. The summed E-state index contributed by atoms with van der Waals surface area (Å²) in [4.78, 5) is -0.659. The lowest BCUT2D eigenvalue weighted by Gasteiger charge is -2.13. The van der Waals surface area contributed by atoms with E-state index in [0.29, 0.717) is 0 Å². The van der Waals surface area contributed by atoms with Crippen molar-refractivity contribution in [3.8, 4) is 0 Å². The molecule has 146 valence electrons. The van der Waals surface area contributed by atoms with E-state index in [4.69, 9.17) is 0 Å². The van der Waals surface area contributed by atoms with Crippen LogP contribution in [0.5, 0.6) is 0 Å². The number of sulfonamides is 1. The van der Waals surface area contributed by atoms with Gasteiger partial charge in [-0.2, -0.15) is 0 Å². The van der Waals surface area contributed by atoms with E-state index in [1.54, 1.807) is 0 Å². The number of halogens is 1. The van der Waals surface area contributed by atoms with Crippen LogP contribution in [-0.2, 0) is 29.7 Å².